The third-order valence-corrected chi connectivity index (χ3v) is 4.19. The second-order valence-electron chi connectivity index (χ2n) is 6.04. The van der Waals surface area contributed by atoms with E-state index in [1.54, 1.807) is 0 Å². The molecule has 1 saturated heterocycles. The van der Waals surface area contributed by atoms with Gasteiger partial charge >= 0.3 is 0 Å². The van der Waals surface area contributed by atoms with Crippen LogP contribution in [-0.4, -0.2) is 46.8 Å². The molecule has 2 N–H and O–H groups in total. The van der Waals surface area contributed by atoms with E-state index in [2.05, 4.69) is 39.5 Å². The Kier molecular flexibility index (Phi) is 5.61. The Hall–Kier alpha value is -2.18. The fourth-order valence-corrected chi connectivity index (χ4v) is 2.82. The smallest absolute Gasteiger partial charge is 0.250 e. The van der Waals surface area contributed by atoms with Gasteiger partial charge in [0.1, 0.15) is 6.10 Å². The summed E-state index contributed by atoms with van der Waals surface area (Å²) in [6, 6.07) is 12.3. The number of ether oxygens (including phenoxy) is 1. The molecule has 2 aromatic rings. The van der Waals surface area contributed by atoms with Gasteiger partial charge in [0, 0.05) is 19.6 Å². The minimum absolute atomic E-state index is 0.0691. The molecule has 1 amide bonds. The van der Waals surface area contributed by atoms with E-state index >= 15 is 0 Å². The second-order valence-corrected chi connectivity index (χ2v) is 6.04. The first-order valence-corrected chi connectivity index (χ1v) is 8.43. The van der Waals surface area contributed by atoms with E-state index in [0.29, 0.717) is 19.7 Å². The third kappa shape index (κ3) is 4.43. The van der Waals surface area contributed by atoms with Crippen molar-refractivity contribution in [1.82, 2.24) is 20.4 Å². The van der Waals surface area contributed by atoms with Gasteiger partial charge in [-0.1, -0.05) is 37.3 Å². The number of nitrogens with zero attached hydrogens (tertiary/aromatic N) is 2. The van der Waals surface area contributed by atoms with Crippen LogP contribution in [-0.2, 0) is 29.0 Å². The molecular weight excluding hydrogens is 304 g/mol. The van der Waals surface area contributed by atoms with Crippen LogP contribution in [0.2, 0.25) is 0 Å². The molecule has 0 radical (unpaired) electrons. The highest BCUT2D eigenvalue weighted by atomic mass is 16.5. The molecule has 3 rings (SSSR count). The predicted octanol–water partition coefficient (Wildman–Crippen LogP) is 1.49. The summed E-state index contributed by atoms with van der Waals surface area (Å²) < 4.78 is 5.64. The summed E-state index contributed by atoms with van der Waals surface area (Å²) in [6.07, 6.45) is 0.459. The van der Waals surface area contributed by atoms with Crippen LogP contribution in [0.3, 0.4) is 0 Å². The van der Waals surface area contributed by atoms with Crippen LogP contribution in [0.4, 0.5) is 0 Å². The van der Waals surface area contributed by atoms with Gasteiger partial charge in [-0.25, -0.2) is 0 Å². The third-order valence-electron chi connectivity index (χ3n) is 4.19. The Morgan fingerprint density at radius 1 is 1.42 bits per heavy atom. The van der Waals surface area contributed by atoms with Crippen molar-refractivity contribution in [2.24, 2.45) is 0 Å². The summed E-state index contributed by atoms with van der Waals surface area (Å²) in [6.45, 7) is 5.38. The van der Waals surface area contributed by atoms with Crippen molar-refractivity contribution in [1.29, 1.82) is 0 Å². The average Bonchev–Trinajstić information content (AvgIpc) is 3.09. The zero-order chi connectivity index (χ0) is 16.8. The average molecular weight is 328 g/mol. The molecule has 0 aliphatic carbocycles. The first kappa shape index (κ1) is 16.7. The molecular formula is C18H24N4O2. The minimum Gasteiger partial charge on any atom is -0.366 e. The molecule has 1 fully saturated rings. The van der Waals surface area contributed by atoms with Crippen LogP contribution < -0.4 is 5.32 Å². The van der Waals surface area contributed by atoms with Crippen LogP contribution in [0.25, 0.3) is 0 Å². The molecule has 0 saturated carbocycles. The standard InChI is InChI=1S/C18H24N4O2/c1-2-15-10-16(21-20-15)11-19-18(23)17-13-22(8-9-24-17)12-14-6-4-3-5-7-14/h3-7,10,17H,2,8-9,11-13H2,1H3,(H,19,23)(H,20,21)/t17-/m1/s1. The Morgan fingerprint density at radius 2 is 2.25 bits per heavy atom. The molecule has 0 spiro atoms. The maximum atomic E-state index is 12.3. The summed E-state index contributed by atoms with van der Waals surface area (Å²) in [5.74, 6) is -0.0691. The summed E-state index contributed by atoms with van der Waals surface area (Å²) in [7, 11) is 0. The molecule has 6 nitrogen and oxygen atoms in total. The number of aromatic amines is 1. The number of morpholine rings is 1. The van der Waals surface area contributed by atoms with Gasteiger partial charge in [-0.2, -0.15) is 5.10 Å². The highest BCUT2D eigenvalue weighted by molar-refractivity contribution is 5.81. The van der Waals surface area contributed by atoms with Crippen molar-refractivity contribution in [2.45, 2.75) is 32.5 Å². The van der Waals surface area contributed by atoms with Gasteiger partial charge in [0.15, 0.2) is 0 Å². The van der Waals surface area contributed by atoms with Gasteiger partial charge in [0.2, 0.25) is 0 Å². The number of benzene rings is 1. The van der Waals surface area contributed by atoms with E-state index in [1.807, 2.05) is 24.3 Å². The zero-order valence-corrected chi connectivity index (χ0v) is 14.0. The lowest BCUT2D eigenvalue weighted by atomic mass is 10.2. The summed E-state index contributed by atoms with van der Waals surface area (Å²) in [5.41, 5.74) is 3.17. The van der Waals surface area contributed by atoms with Gasteiger partial charge in [-0.05, 0) is 18.1 Å². The lowest BCUT2D eigenvalue weighted by molar-refractivity contribution is -0.139. The Balaban J connectivity index is 1.49. The largest absolute Gasteiger partial charge is 0.366 e. The molecule has 2 heterocycles. The van der Waals surface area contributed by atoms with Crippen molar-refractivity contribution in [2.75, 3.05) is 19.7 Å². The van der Waals surface area contributed by atoms with Crippen molar-refractivity contribution in [3.8, 4) is 0 Å². The number of hydrogen-bond donors (Lipinski definition) is 2. The molecule has 0 unspecified atom stereocenters. The topological polar surface area (TPSA) is 70.2 Å². The lowest BCUT2D eigenvalue weighted by Crippen LogP contribution is -2.49. The van der Waals surface area contributed by atoms with E-state index in [9.17, 15) is 4.79 Å². The van der Waals surface area contributed by atoms with Crippen LogP contribution >= 0.6 is 0 Å². The van der Waals surface area contributed by atoms with Gasteiger partial charge in [0.05, 0.1) is 24.5 Å². The Bertz CT molecular complexity index is 656. The molecule has 1 aromatic heterocycles. The van der Waals surface area contributed by atoms with Gasteiger partial charge in [-0.3, -0.25) is 14.8 Å². The summed E-state index contributed by atoms with van der Waals surface area (Å²) in [5, 5.41) is 10.0. The zero-order valence-electron chi connectivity index (χ0n) is 14.0. The molecule has 1 atom stereocenters. The summed E-state index contributed by atoms with van der Waals surface area (Å²) >= 11 is 0. The van der Waals surface area contributed by atoms with Crippen molar-refractivity contribution in [3.63, 3.8) is 0 Å². The van der Waals surface area contributed by atoms with Crippen LogP contribution in [0.5, 0.6) is 0 Å². The Morgan fingerprint density at radius 3 is 3.00 bits per heavy atom. The number of H-pyrrole nitrogens is 1. The minimum atomic E-state index is -0.420. The van der Waals surface area contributed by atoms with E-state index in [0.717, 1.165) is 30.9 Å². The van der Waals surface area contributed by atoms with Gasteiger partial charge in [-0.15, -0.1) is 0 Å². The number of carbonyl (C=O) groups is 1. The second kappa shape index (κ2) is 8.08. The molecule has 1 aliphatic rings. The summed E-state index contributed by atoms with van der Waals surface area (Å²) in [4.78, 5) is 14.6. The van der Waals surface area contributed by atoms with E-state index < -0.39 is 6.10 Å². The molecule has 1 aliphatic heterocycles. The lowest BCUT2D eigenvalue weighted by Gasteiger charge is -2.32. The van der Waals surface area contributed by atoms with Gasteiger partial charge in [0.25, 0.3) is 5.91 Å². The van der Waals surface area contributed by atoms with Crippen LogP contribution in [0.15, 0.2) is 36.4 Å². The maximum Gasteiger partial charge on any atom is 0.250 e. The van der Waals surface area contributed by atoms with E-state index in [1.165, 1.54) is 5.56 Å². The number of amides is 1. The van der Waals surface area contributed by atoms with E-state index in [-0.39, 0.29) is 5.91 Å². The molecule has 6 heteroatoms. The molecule has 1 aromatic carbocycles. The highest BCUT2D eigenvalue weighted by Gasteiger charge is 2.26. The predicted molar refractivity (Wildman–Crippen MR) is 91.3 cm³/mol. The van der Waals surface area contributed by atoms with Crippen molar-refractivity contribution >= 4 is 5.91 Å². The maximum absolute atomic E-state index is 12.3. The highest BCUT2D eigenvalue weighted by Crippen LogP contribution is 2.11. The van der Waals surface area contributed by atoms with Crippen molar-refractivity contribution in [3.05, 3.63) is 53.3 Å². The van der Waals surface area contributed by atoms with Crippen molar-refractivity contribution < 1.29 is 9.53 Å². The number of nitrogens with one attached hydrogen (secondary N) is 2. The Labute approximate surface area is 142 Å². The molecule has 128 valence electrons. The number of aromatic nitrogens is 2. The first-order chi connectivity index (χ1) is 11.7. The fourth-order valence-electron chi connectivity index (χ4n) is 2.82. The fraction of sp³-hybridized carbons (Fsp3) is 0.444. The SMILES string of the molecule is CCc1cc(CNC(=O)[C@H]2CN(Cc3ccccc3)CCO2)[nH]n1. The first-order valence-electron chi connectivity index (χ1n) is 8.43. The number of carbonyl (C=O) groups excluding carboxylic acids is 1. The quantitative estimate of drug-likeness (QED) is 0.843. The van der Waals surface area contributed by atoms with Gasteiger partial charge < -0.3 is 10.1 Å². The number of hydrogen-bond acceptors (Lipinski definition) is 4. The molecule has 24 heavy (non-hydrogen) atoms. The van der Waals surface area contributed by atoms with Crippen LogP contribution in [0.1, 0.15) is 23.9 Å². The molecule has 0 bridgehead atoms. The van der Waals surface area contributed by atoms with E-state index in [4.69, 9.17) is 4.74 Å². The normalized spacial score (nSPS) is 18.5. The monoisotopic (exact) mass is 328 g/mol. The number of rotatable bonds is 6. The number of aryl methyl sites for hydroxylation is 1. The van der Waals surface area contributed by atoms with Crippen LogP contribution in [0, 0.1) is 0 Å².